The van der Waals surface area contributed by atoms with Crippen molar-refractivity contribution in [3.05, 3.63) is 35.9 Å². The van der Waals surface area contributed by atoms with E-state index in [1.54, 1.807) is 7.11 Å². The first-order valence-corrected chi connectivity index (χ1v) is 8.60. The molecule has 0 amide bonds. The summed E-state index contributed by atoms with van der Waals surface area (Å²) in [5.74, 6) is 0. The summed E-state index contributed by atoms with van der Waals surface area (Å²) in [6, 6.07) is 10.6. The van der Waals surface area contributed by atoms with Crippen LogP contribution in [0.2, 0.25) is 13.1 Å². The molecule has 0 aliphatic rings. The second-order valence-corrected chi connectivity index (χ2v) is 7.46. The molecule has 0 heterocycles. The number of rotatable bonds is 6. The van der Waals surface area contributed by atoms with Gasteiger partial charge < -0.3 is 4.74 Å². The quantitative estimate of drug-likeness (QED) is 0.541. The zero-order valence-corrected chi connectivity index (χ0v) is 11.1. The lowest BCUT2D eigenvalue weighted by Gasteiger charge is -2.22. The van der Waals surface area contributed by atoms with Gasteiger partial charge in [0.15, 0.2) is 0 Å². The van der Waals surface area contributed by atoms with Crippen LogP contribution < -0.4 is 0 Å². The van der Waals surface area contributed by atoms with Gasteiger partial charge in [0.2, 0.25) is 0 Å². The maximum Gasteiger partial charge on any atom is 0.0986 e. The first-order chi connectivity index (χ1) is 7.22. The molecule has 2 nitrogen and oxygen atoms in total. The highest BCUT2D eigenvalue weighted by Gasteiger charge is 2.07. The fourth-order valence-corrected chi connectivity index (χ4v) is 2.97. The summed E-state index contributed by atoms with van der Waals surface area (Å²) in [5.41, 5.74) is 1.37. The van der Waals surface area contributed by atoms with Crippen molar-refractivity contribution >= 4 is 8.80 Å². The Hall–Kier alpha value is -0.643. The minimum Gasteiger partial charge on any atom is -0.369 e. The summed E-state index contributed by atoms with van der Waals surface area (Å²) in [5, 5.41) is 0. The number of hydrogen-bond acceptors (Lipinski definition) is 2. The van der Waals surface area contributed by atoms with Crippen molar-refractivity contribution in [3.63, 3.8) is 0 Å². The molecule has 0 aromatic heterocycles. The van der Waals surface area contributed by atoms with Crippen LogP contribution in [0.1, 0.15) is 5.56 Å². The van der Waals surface area contributed by atoms with Gasteiger partial charge in [-0.3, -0.25) is 4.90 Å². The zero-order valence-electron chi connectivity index (χ0n) is 9.94. The maximum absolute atomic E-state index is 5.23. The third-order valence-corrected chi connectivity index (χ3v) is 3.43. The second kappa shape index (κ2) is 6.77. The summed E-state index contributed by atoms with van der Waals surface area (Å²) in [4.78, 5) is 2.38. The lowest BCUT2D eigenvalue weighted by molar-refractivity contribution is 0.0703. The van der Waals surface area contributed by atoms with E-state index in [1.165, 1.54) is 11.7 Å². The van der Waals surface area contributed by atoms with Gasteiger partial charge in [-0.1, -0.05) is 43.4 Å². The summed E-state index contributed by atoms with van der Waals surface area (Å²) in [6.07, 6.45) is 1.21. The molecular formula is C12H21NOSi. The van der Waals surface area contributed by atoms with Crippen LogP contribution in [-0.2, 0) is 11.3 Å². The van der Waals surface area contributed by atoms with Gasteiger partial charge in [0.1, 0.15) is 0 Å². The Morgan fingerprint density at radius 1 is 1.20 bits per heavy atom. The molecule has 84 valence electrons. The molecule has 0 aliphatic heterocycles. The van der Waals surface area contributed by atoms with Crippen molar-refractivity contribution in [2.45, 2.75) is 19.6 Å². The molecule has 0 aliphatic carbocycles. The Kier molecular flexibility index (Phi) is 5.61. The lowest BCUT2D eigenvalue weighted by atomic mass is 10.2. The van der Waals surface area contributed by atoms with E-state index in [0.717, 1.165) is 13.3 Å². The van der Waals surface area contributed by atoms with Crippen LogP contribution in [0.25, 0.3) is 0 Å². The van der Waals surface area contributed by atoms with E-state index in [4.69, 9.17) is 4.74 Å². The van der Waals surface area contributed by atoms with Crippen molar-refractivity contribution < 1.29 is 4.74 Å². The first-order valence-electron chi connectivity index (χ1n) is 5.47. The van der Waals surface area contributed by atoms with Gasteiger partial charge in [0, 0.05) is 22.5 Å². The molecule has 0 N–H and O–H groups in total. The largest absolute Gasteiger partial charge is 0.369 e. The molecule has 0 saturated carbocycles. The van der Waals surface area contributed by atoms with E-state index in [-0.39, 0.29) is 0 Å². The highest BCUT2D eigenvalue weighted by Crippen LogP contribution is 2.04. The van der Waals surface area contributed by atoms with E-state index < -0.39 is 8.80 Å². The average Bonchev–Trinajstić information content (AvgIpc) is 2.18. The van der Waals surface area contributed by atoms with Gasteiger partial charge >= 0.3 is 0 Å². The molecule has 0 bridgehead atoms. The molecule has 0 unspecified atom stereocenters. The highest BCUT2D eigenvalue weighted by atomic mass is 28.3. The number of ether oxygens (including phenoxy) is 1. The Morgan fingerprint density at radius 2 is 1.87 bits per heavy atom. The van der Waals surface area contributed by atoms with Crippen molar-refractivity contribution in [3.8, 4) is 0 Å². The van der Waals surface area contributed by atoms with Crippen LogP contribution in [-0.4, -0.2) is 33.7 Å². The minimum absolute atomic E-state index is 0.555. The van der Waals surface area contributed by atoms with Crippen molar-refractivity contribution in [2.24, 2.45) is 0 Å². The van der Waals surface area contributed by atoms with Crippen LogP contribution >= 0.6 is 0 Å². The summed E-state index contributed by atoms with van der Waals surface area (Å²) in [6.45, 7) is 6.47. The average molecular weight is 223 g/mol. The number of benzene rings is 1. The SMILES string of the molecule is COCN(Cc1ccccc1)C[SiH](C)C. The van der Waals surface area contributed by atoms with Gasteiger partial charge in [0.05, 0.1) is 6.73 Å². The molecule has 0 saturated heterocycles. The number of methoxy groups -OCH3 is 1. The van der Waals surface area contributed by atoms with E-state index >= 15 is 0 Å². The molecule has 1 rings (SSSR count). The van der Waals surface area contributed by atoms with Crippen LogP contribution in [0.4, 0.5) is 0 Å². The maximum atomic E-state index is 5.23. The third kappa shape index (κ3) is 5.11. The lowest BCUT2D eigenvalue weighted by Crippen LogP contribution is -2.33. The highest BCUT2D eigenvalue weighted by molar-refractivity contribution is 6.55. The van der Waals surface area contributed by atoms with Crippen LogP contribution in [0.3, 0.4) is 0 Å². The van der Waals surface area contributed by atoms with Crippen LogP contribution in [0.15, 0.2) is 30.3 Å². The van der Waals surface area contributed by atoms with Gasteiger partial charge in [-0.05, 0) is 11.7 Å². The smallest absolute Gasteiger partial charge is 0.0986 e. The van der Waals surface area contributed by atoms with Gasteiger partial charge in [0.25, 0.3) is 0 Å². The monoisotopic (exact) mass is 223 g/mol. The summed E-state index contributed by atoms with van der Waals surface area (Å²) in [7, 11) is 1.21. The standard InChI is InChI=1S/C12H21NOSi/c1-14-10-13(11-15(2)3)9-12-7-5-4-6-8-12/h4-8,15H,9-11H2,1-3H3. The number of hydrogen-bond donors (Lipinski definition) is 0. The van der Waals surface area contributed by atoms with Crippen molar-refractivity contribution in [2.75, 3.05) is 20.0 Å². The molecule has 0 radical (unpaired) electrons. The number of nitrogens with zero attached hydrogens (tertiary/aromatic N) is 1. The van der Waals surface area contributed by atoms with E-state index in [1.807, 2.05) is 0 Å². The molecule has 1 aromatic carbocycles. The molecular weight excluding hydrogens is 202 g/mol. The van der Waals surface area contributed by atoms with E-state index in [0.29, 0.717) is 0 Å². The van der Waals surface area contributed by atoms with Crippen LogP contribution in [0.5, 0.6) is 0 Å². The third-order valence-electron chi connectivity index (χ3n) is 2.18. The van der Waals surface area contributed by atoms with Crippen LogP contribution in [0, 0.1) is 0 Å². The Balaban J connectivity index is 2.50. The first kappa shape index (κ1) is 12.4. The van der Waals surface area contributed by atoms with Gasteiger partial charge in [-0.15, -0.1) is 0 Å². The molecule has 3 heteroatoms. The predicted molar refractivity (Wildman–Crippen MR) is 67.6 cm³/mol. The molecule has 0 fully saturated rings. The molecule has 1 aromatic rings. The topological polar surface area (TPSA) is 12.5 Å². The predicted octanol–water partition coefficient (Wildman–Crippen LogP) is 2.12. The van der Waals surface area contributed by atoms with Crippen molar-refractivity contribution in [1.82, 2.24) is 4.90 Å². The minimum atomic E-state index is -0.555. The molecule has 15 heavy (non-hydrogen) atoms. The van der Waals surface area contributed by atoms with Gasteiger partial charge in [-0.25, -0.2) is 0 Å². The van der Waals surface area contributed by atoms with Crippen molar-refractivity contribution in [1.29, 1.82) is 0 Å². The van der Waals surface area contributed by atoms with E-state index in [2.05, 4.69) is 48.3 Å². The normalized spacial score (nSPS) is 11.3. The Labute approximate surface area is 94.5 Å². The zero-order chi connectivity index (χ0) is 11.1. The fourth-order valence-electron chi connectivity index (χ4n) is 1.70. The summed E-state index contributed by atoms with van der Waals surface area (Å²) >= 11 is 0. The fraction of sp³-hybridized carbons (Fsp3) is 0.500. The molecule has 0 spiro atoms. The summed E-state index contributed by atoms with van der Waals surface area (Å²) < 4.78 is 5.23. The van der Waals surface area contributed by atoms with E-state index in [9.17, 15) is 0 Å². The second-order valence-electron chi connectivity index (χ2n) is 4.31. The van der Waals surface area contributed by atoms with Gasteiger partial charge in [-0.2, -0.15) is 0 Å². The Bertz CT molecular complexity index is 264. The Morgan fingerprint density at radius 3 is 2.40 bits per heavy atom. The molecule has 0 atom stereocenters.